The molecular formula is C11H13N7O2S. The van der Waals surface area contributed by atoms with Gasteiger partial charge in [0, 0.05) is 5.69 Å². The maximum atomic E-state index is 11.6. The van der Waals surface area contributed by atoms with Gasteiger partial charge >= 0.3 is 0 Å². The highest BCUT2D eigenvalue weighted by Crippen LogP contribution is 2.14. The number of thiocarbonyl (C=S) groups is 1. The number of carbonyl (C=O) groups excluding carboxylic acids is 1. The van der Waals surface area contributed by atoms with Crippen LogP contribution in [0.1, 0.15) is 5.82 Å². The molecule has 9 nitrogen and oxygen atoms in total. The third-order valence-corrected chi connectivity index (χ3v) is 2.58. The summed E-state index contributed by atoms with van der Waals surface area (Å²) in [7, 11) is 1.59. The number of nitrogens with one attached hydrogen (secondary N) is 4. The number of hydrogen-bond acceptors (Lipinski definition) is 6. The fourth-order valence-corrected chi connectivity index (χ4v) is 1.58. The number of hydrogen-bond donors (Lipinski definition) is 4. The summed E-state index contributed by atoms with van der Waals surface area (Å²) < 4.78 is 5.05. The molecule has 0 saturated carbocycles. The first-order valence-corrected chi connectivity index (χ1v) is 6.30. The van der Waals surface area contributed by atoms with E-state index >= 15 is 0 Å². The molecule has 0 saturated heterocycles. The molecule has 0 fully saturated rings. The lowest BCUT2D eigenvalue weighted by molar-refractivity contribution is -0.121. The smallest absolute Gasteiger partial charge is 0.246 e. The quantitative estimate of drug-likeness (QED) is 0.452. The predicted molar refractivity (Wildman–Crippen MR) is 78.4 cm³/mol. The molecule has 10 heteroatoms. The first kappa shape index (κ1) is 14.7. The second-order valence-corrected chi connectivity index (χ2v) is 4.27. The molecule has 0 bridgehead atoms. The fourth-order valence-electron chi connectivity index (χ4n) is 1.41. The van der Waals surface area contributed by atoms with E-state index in [2.05, 4.69) is 36.8 Å². The van der Waals surface area contributed by atoms with E-state index in [0.29, 0.717) is 5.82 Å². The summed E-state index contributed by atoms with van der Waals surface area (Å²) in [6, 6.07) is 7.18. The molecule has 0 aliphatic rings. The van der Waals surface area contributed by atoms with E-state index in [4.69, 9.17) is 17.0 Å². The second-order valence-electron chi connectivity index (χ2n) is 3.86. The van der Waals surface area contributed by atoms with E-state index in [1.54, 1.807) is 31.4 Å². The molecule has 2 rings (SSSR count). The Morgan fingerprint density at radius 1 is 1.33 bits per heavy atom. The molecule has 0 radical (unpaired) electrons. The van der Waals surface area contributed by atoms with Crippen LogP contribution >= 0.6 is 12.2 Å². The summed E-state index contributed by atoms with van der Waals surface area (Å²) in [6.45, 7) is 0. The van der Waals surface area contributed by atoms with Crippen molar-refractivity contribution in [3.8, 4) is 5.75 Å². The summed E-state index contributed by atoms with van der Waals surface area (Å²) in [5.41, 5.74) is 5.76. The van der Waals surface area contributed by atoms with Gasteiger partial charge in [-0.2, -0.15) is 5.21 Å². The van der Waals surface area contributed by atoms with Gasteiger partial charge < -0.3 is 10.1 Å². The van der Waals surface area contributed by atoms with Crippen molar-refractivity contribution in [2.45, 2.75) is 6.42 Å². The van der Waals surface area contributed by atoms with Crippen LogP contribution in [-0.2, 0) is 11.2 Å². The van der Waals surface area contributed by atoms with Gasteiger partial charge in [0.15, 0.2) is 10.9 Å². The van der Waals surface area contributed by atoms with Gasteiger partial charge in [0.2, 0.25) is 5.91 Å². The van der Waals surface area contributed by atoms with Gasteiger partial charge in [0.1, 0.15) is 5.75 Å². The molecule has 2 aromatic rings. The molecule has 110 valence electrons. The number of tetrazole rings is 1. The van der Waals surface area contributed by atoms with E-state index in [1.807, 2.05) is 0 Å². The van der Waals surface area contributed by atoms with Crippen molar-refractivity contribution in [1.82, 2.24) is 31.5 Å². The Balaban J connectivity index is 1.75. The predicted octanol–water partition coefficient (Wildman–Crippen LogP) is -0.231. The van der Waals surface area contributed by atoms with Crippen LogP contribution in [0.2, 0.25) is 0 Å². The zero-order valence-electron chi connectivity index (χ0n) is 11.1. The van der Waals surface area contributed by atoms with E-state index in [1.165, 1.54) is 0 Å². The van der Waals surface area contributed by atoms with Gasteiger partial charge in [-0.15, -0.1) is 10.2 Å². The van der Waals surface area contributed by atoms with Crippen LogP contribution in [0.3, 0.4) is 0 Å². The summed E-state index contributed by atoms with van der Waals surface area (Å²) in [5.74, 6) is 0.700. The number of nitrogens with zero attached hydrogens (tertiary/aromatic N) is 3. The third-order valence-electron chi connectivity index (χ3n) is 2.37. The van der Waals surface area contributed by atoms with Gasteiger partial charge in [0.25, 0.3) is 0 Å². The van der Waals surface area contributed by atoms with Crippen molar-refractivity contribution in [3.05, 3.63) is 30.1 Å². The van der Waals surface area contributed by atoms with Crippen LogP contribution in [0.25, 0.3) is 0 Å². The van der Waals surface area contributed by atoms with Crippen molar-refractivity contribution < 1.29 is 9.53 Å². The Hall–Kier alpha value is -2.75. The third kappa shape index (κ3) is 4.69. The number of benzene rings is 1. The topological polar surface area (TPSA) is 117 Å². The lowest BCUT2D eigenvalue weighted by Gasteiger charge is -2.11. The first-order valence-electron chi connectivity index (χ1n) is 5.89. The number of hydrazine groups is 1. The van der Waals surface area contributed by atoms with Crippen molar-refractivity contribution >= 4 is 28.9 Å². The molecule has 1 aromatic carbocycles. The SMILES string of the molecule is COc1ccc(NC(=S)NNC(=O)Cc2nn[nH]n2)cc1. The normalized spacial score (nSPS) is 9.76. The molecule has 21 heavy (non-hydrogen) atoms. The van der Waals surface area contributed by atoms with Crippen LogP contribution in [0.4, 0.5) is 5.69 Å². The Morgan fingerprint density at radius 2 is 2.10 bits per heavy atom. The molecule has 0 atom stereocenters. The van der Waals surface area contributed by atoms with Gasteiger partial charge in [-0.05, 0) is 36.5 Å². The number of anilines is 1. The molecule has 1 amide bonds. The van der Waals surface area contributed by atoms with Crippen LogP contribution in [0.5, 0.6) is 5.75 Å². The average molecular weight is 307 g/mol. The number of ether oxygens (including phenoxy) is 1. The van der Waals surface area contributed by atoms with E-state index in [-0.39, 0.29) is 17.4 Å². The van der Waals surface area contributed by atoms with Crippen LogP contribution in [0, 0.1) is 0 Å². The van der Waals surface area contributed by atoms with Crippen LogP contribution < -0.4 is 20.9 Å². The Morgan fingerprint density at radius 3 is 2.71 bits per heavy atom. The monoisotopic (exact) mass is 307 g/mol. The molecule has 1 aromatic heterocycles. The van der Waals surface area contributed by atoms with Gasteiger partial charge in [-0.3, -0.25) is 15.6 Å². The lowest BCUT2D eigenvalue weighted by atomic mass is 10.3. The highest BCUT2D eigenvalue weighted by Gasteiger charge is 2.07. The van der Waals surface area contributed by atoms with E-state index in [9.17, 15) is 4.79 Å². The molecule has 0 unspecified atom stereocenters. The van der Waals surface area contributed by atoms with Crippen molar-refractivity contribution in [1.29, 1.82) is 0 Å². The Bertz CT molecular complexity index is 600. The first-order chi connectivity index (χ1) is 10.2. The van der Waals surface area contributed by atoms with E-state index in [0.717, 1.165) is 11.4 Å². The minimum absolute atomic E-state index is 0.00531. The van der Waals surface area contributed by atoms with E-state index < -0.39 is 0 Å². The number of H-pyrrole nitrogens is 1. The average Bonchev–Trinajstić information content (AvgIpc) is 2.99. The second kappa shape index (κ2) is 7.14. The molecule has 0 aliphatic carbocycles. The number of carbonyl (C=O) groups is 1. The van der Waals surface area contributed by atoms with Crippen molar-refractivity contribution in [2.24, 2.45) is 0 Å². The molecule has 4 N–H and O–H groups in total. The van der Waals surface area contributed by atoms with Crippen molar-refractivity contribution in [3.63, 3.8) is 0 Å². The largest absolute Gasteiger partial charge is 0.497 e. The standard InChI is InChI=1S/C11H13N7O2S/c1-20-8-4-2-7(3-5-8)12-11(21)16-15-10(19)6-9-13-17-18-14-9/h2-5H,6H2,1H3,(H,15,19)(H2,12,16,21)(H,13,14,17,18). The van der Waals surface area contributed by atoms with Crippen LogP contribution in [0.15, 0.2) is 24.3 Å². The zero-order valence-corrected chi connectivity index (χ0v) is 11.9. The molecule has 0 spiro atoms. The zero-order chi connectivity index (χ0) is 15.1. The minimum Gasteiger partial charge on any atom is -0.497 e. The summed E-state index contributed by atoms with van der Waals surface area (Å²) in [5, 5.41) is 16.1. The number of rotatable bonds is 4. The number of methoxy groups -OCH3 is 1. The number of amides is 1. The fraction of sp³-hybridized carbons (Fsp3) is 0.182. The molecule has 0 aliphatic heterocycles. The highest BCUT2D eigenvalue weighted by molar-refractivity contribution is 7.80. The summed E-state index contributed by atoms with van der Waals surface area (Å²) >= 11 is 5.05. The Labute approximate surface area is 125 Å². The van der Waals surface area contributed by atoms with Gasteiger partial charge in [0.05, 0.1) is 13.5 Å². The van der Waals surface area contributed by atoms with Gasteiger partial charge in [-0.1, -0.05) is 5.21 Å². The maximum Gasteiger partial charge on any atom is 0.246 e. The van der Waals surface area contributed by atoms with Crippen LogP contribution in [-0.4, -0.2) is 38.8 Å². The maximum absolute atomic E-state index is 11.6. The highest BCUT2D eigenvalue weighted by atomic mass is 32.1. The van der Waals surface area contributed by atoms with Crippen molar-refractivity contribution in [2.75, 3.05) is 12.4 Å². The lowest BCUT2D eigenvalue weighted by Crippen LogP contribution is -2.44. The number of aromatic amines is 1. The molecule has 1 heterocycles. The summed E-state index contributed by atoms with van der Waals surface area (Å²) in [4.78, 5) is 11.6. The minimum atomic E-state index is -0.338. The molecular weight excluding hydrogens is 294 g/mol. The summed E-state index contributed by atoms with van der Waals surface area (Å²) in [6.07, 6.45) is -0.00531. The Kier molecular flexibility index (Phi) is 4.99. The van der Waals surface area contributed by atoms with Gasteiger partial charge in [-0.25, -0.2) is 0 Å². The number of aromatic nitrogens is 4.